The number of aliphatic hydroxyl groups is 6. The molecule has 5 aromatic carbocycles. The van der Waals surface area contributed by atoms with Crippen LogP contribution < -0.4 is 19.3 Å². The number of esters is 3. The first-order chi connectivity index (χ1) is 53.8. The summed E-state index contributed by atoms with van der Waals surface area (Å²) in [5, 5.41) is 70.7. The Kier molecular flexibility index (Phi) is 27.0. The number of halogens is 8. The van der Waals surface area contributed by atoms with E-state index in [1.54, 1.807) is 40.1 Å². The summed E-state index contributed by atoms with van der Waals surface area (Å²) in [6.45, 7) is -0.180. The third-order valence-electron chi connectivity index (χ3n) is 21.1. The van der Waals surface area contributed by atoms with E-state index in [0.29, 0.717) is 92.3 Å². The number of rotatable bonds is 20. The summed E-state index contributed by atoms with van der Waals surface area (Å²) in [5.41, 5.74) is 2.24. The van der Waals surface area contributed by atoms with Crippen molar-refractivity contribution in [2.24, 2.45) is 11.8 Å². The number of alkyl halides is 6. The molecule has 6 fully saturated rings. The standard InChI is InChI=1S/C40H40F4N2O11.C33H34F4N2O11.C6H8.CH4/c41-23-11-16-29-27(19-23)32(26-7-4-8-28(26)46(29)37(52)22-9-14-25(15-10-22)57-40(42,43)44)45(24-12-13-24)30(47)17-18-31(48)55-39-35(51)33(49)34(50)36(56-39)38(53)54-20-21-5-2-1-3-6-21;34-16-6-11-22-20(14-16)25(19-2-1-3-21(19)39(22)30(45)15-4-9-18(10-5-15)50-33(35,36)37)38(17-7-8-17)23(40)12-13-24(41)48-32-28(44)26(42)27(43)29(49-32)31(46)47;1-2-4-6-5-3-1;/h1-3,5-6,9-11,14-16,19,24,26,28,32-36,39,49-51H,4,7-8,12-13,17-18,20H2;4-6,9-11,14,17,19,21,25-29,32,42-44H,1-3,7-8,12-13H2,(H,46,47);1-2,5-6H,3-4H2;1H4/t26-,28+,32-,33?,34?,35?,36?,39?;19-,21+,25-,26?,27?,28?,29?,32?;;/m11../s1. The van der Waals surface area contributed by atoms with Gasteiger partial charge in [0.2, 0.25) is 24.4 Å². The number of amides is 4. The third kappa shape index (κ3) is 19.9. The minimum absolute atomic E-state index is 0. The van der Waals surface area contributed by atoms with E-state index in [1.807, 2.05) is 0 Å². The Morgan fingerprint density at radius 1 is 0.474 bits per heavy atom. The molecule has 16 atom stereocenters. The molecule has 0 bridgehead atoms. The van der Waals surface area contributed by atoms with Gasteiger partial charge >= 0.3 is 36.6 Å². The molecule has 4 aliphatic heterocycles. The van der Waals surface area contributed by atoms with Crippen molar-refractivity contribution in [2.45, 2.75) is 227 Å². The van der Waals surface area contributed by atoms with Crippen molar-refractivity contribution in [3.63, 3.8) is 0 Å². The van der Waals surface area contributed by atoms with Gasteiger partial charge < -0.3 is 88.5 Å². The Labute approximate surface area is 648 Å². The highest BCUT2D eigenvalue weighted by molar-refractivity contribution is 6.08. The van der Waals surface area contributed by atoms with Crippen LogP contribution in [0, 0.1) is 23.5 Å². The number of allylic oxidation sites excluding steroid dienone is 4. The van der Waals surface area contributed by atoms with Gasteiger partial charge in [-0.05, 0) is 155 Å². The lowest BCUT2D eigenvalue weighted by atomic mass is 9.81. The SMILES string of the molecule is C.C1=CCC=CC1.O=C(CCC(=O)N(C1CC1)[C@H]1c2cc(F)ccc2N(C(=O)c2ccc(OC(F)(F)F)cc2)[C@H]2CCC[C@H]21)OC1OC(C(=O)O)C(O)C(O)C1O.O=C(CCC(=O)N(C1CC1)[C@H]1c2cc(F)ccc2N(C(=O)c2ccc(OC(F)(F)F)cc2)[C@H]2CCC[C@H]21)OC1OC(C(=O)OCc2ccccc2)C(O)C(O)C1O. The van der Waals surface area contributed by atoms with Gasteiger partial charge in [0, 0.05) is 82.5 Å². The van der Waals surface area contributed by atoms with Gasteiger partial charge in [-0.2, -0.15) is 0 Å². The molecule has 614 valence electrons. The smallest absolute Gasteiger partial charge is 0.479 e. The lowest BCUT2D eigenvalue weighted by Crippen LogP contribution is -2.60. The monoisotopic (exact) mass is 1610 g/mol. The van der Waals surface area contributed by atoms with Crippen LogP contribution in [0.15, 0.2) is 140 Å². The van der Waals surface area contributed by atoms with Crippen molar-refractivity contribution in [3.8, 4) is 11.5 Å². The van der Waals surface area contributed by atoms with Crippen LogP contribution in [0.5, 0.6) is 11.5 Å². The van der Waals surface area contributed by atoms with E-state index < -0.39 is 182 Å². The molecule has 0 spiro atoms. The first kappa shape index (κ1) is 85.0. The number of nitrogens with zero attached hydrogens (tertiary/aromatic N) is 4. The average Bonchev–Trinajstić information content (AvgIpc) is 1.59. The molecule has 5 aromatic rings. The molecule has 4 amide bonds. The van der Waals surface area contributed by atoms with Crippen molar-refractivity contribution >= 4 is 58.9 Å². The van der Waals surface area contributed by atoms with Gasteiger partial charge in [-0.1, -0.05) is 74.9 Å². The maximum absolute atomic E-state index is 15.0. The first-order valence-corrected chi connectivity index (χ1v) is 37.0. The molecule has 34 heteroatoms. The van der Waals surface area contributed by atoms with Crippen LogP contribution in [0.25, 0.3) is 0 Å². The molecule has 4 saturated carbocycles. The van der Waals surface area contributed by atoms with Crippen molar-refractivity contribution in [1.82, 2.24) is 9.80 Å². The van der Waals surface area contributed by atoms with E-state index in [9.17, 15) is 105 Å². The maximum atomic E-state index is 15.0. The van der Waals surface area contributed by atoms with Crippen LogP contribution in [0.4, 0.5) is 46.5 Å². The summed E-state index contributed by atoms with van der Waals surface area (Å²) in [6.07, 6.45) is -13.8. The molecule has 7 N–H and O–H groups in total. The van der Waals surface area contributed by atoms with E-state index in [0.717, 1.165) is 37.1 Å². The molecule has 14 rings (SSSR count). The first-order valence-electron chi connectivity index (χ1n) is 37.0. The molecule has 9 aliphatic rings. The summed E-state index contributed by atoms with van der Waals surface area (Å²) < 4.78 is 140. The Morgan fingerprint density at radius 3 is 1.25 bits per heavy atom. The van der Waals surface area contributed by atoms with Gasteiger partial charge in [0.15, 0.2) is 12.2 Å². The number of carbonyl (C=O) groups excluding carboxylic acids is 7. The fourth-order valence-corrected chi connectivity index (χ4v) is 15.8. The number of carboxylic acids is 1. The maximum Gasteiger partial charge on any atom is 0.573 e. The lowest BCUT2D eigenvalue weighted by Gasteiger charge is -2.48. The van der Waals surface area contributed by atoms with Crippen molar-refractivity contribution < 1.29 is 142 Å². The second kappa shape index (κ2) is 36.3. The van der Waals surface area contributed by atoms with E-state index in [1.165, 1.54) is 70.5 Å². The van der Waals surface area contributed by atoms with Gasteiger partial charge in [-0.25, -0.2) is 18.4 Å². The highest BCUT2D eigenvalue weighted by Gasteiger charge is 2.56. The molecule has 4 heterocycles. The zero-order valence-electron chi connectivity index (χ0n) is 60.3. The summed E-state index contributed by atoms with van der Waals surface area (Å²) in [6, 6.07) is 22.7. The van der Waals surface area contributed by atoms with E-state index in [-0.39, 0.29) is 61.9 Å². The number of ether oxygens (including phenoxy) is 7. The topological polar surface area (TPSA) is 356 Å². The number of carbonyl (C=O) groups is 8. The number of benzene rings is 5. The highest BCUT2D eigenvalue weighted by Crippen LogP contribution is 2.55. The number of aliphatic carboxylic acids is 1. The summed E-state index contributed by atoms with van der Waals surface area (Å²) in [5.74, 6) is -9.67. The Hall–Kier alpha value is -9.94. The van der Waals surface area contributed by atoms with Gasteiger partial charge in [0.1, 0.15) is 66.4 Å². The normalized spacial score (nSPS) is 27.1. The lowest BCUT2D eigenvalue weighted by molar-refractivity contribution is -0.287. The molecular weight excluding hydrogens is 1520 g/mol. The van der Waals surface area contributed by atoms with Crippen LogP contribution in [-0.4, -0.2) is 191 Å². The zero-order chi connectivity index (χ0) is 80.9. The van der Waals surface area contributed by atoms with Gasteiger partial charge in [-0.3, -0.25) is 28.8 Å². The minimum Gasteiger partial charge on any atom is -0.479 e. The Balaban J connectivity index is 0.000000209. The van der Waals surface area contributed by atoms with Crippen molar-refractivity contribution in [2.75, 3.05) is 9.80 Å². The zero-order valence-corrected chi connectivity index (χ0v) is 60.3. The summed E-state index contributed by atoms with van der Waals surface area (Å²) >= 11 is 0. The van der Waals surface area contributed by atoms with Crippen LogP contribution in [0.2, 0.25) is 0 Å². The van der Waals surface area contributed by atoms with Crippen LogP contribution in [-0.2, 0) is 59.1 Å². The predicted octanol–water partition coefficient (Wildman–Crippen LogP) is 9.79. The van der Waals surface area contributed by atoms with Gasteiger partial charge in [-0.15, -0.1) is 26.3 Å². The second-order valence-corrected chi connectivity index (χ2v) is 28.8. The van der Waals surface area contributed by atoms with Crippen molar-refractivity contribution in [1.29, 1.82) is 0 Å². The second-order valence-electron chi connectivity index (χ2n) is 28.8. The van der Waals surface area contributed by atoms with Crippen molar-refractivity contribution in [3.05, 3.63) is 179 Å². The Morgan fingerprint density at radius 2 is 0.868 bits per heavy atom. The van der Waals surface area contributed by atoms with E-state index in [4.69, 9.17) is 23.7 Å². The predicted molar refractivity (Wildman–Crippen MR) is 382 cm³/mol. The number of fused-ring (bicyclic) bond motifs is 4. The quantitative estimate of drug-likeness (QED) is 0.0165. The minimum atomic E-state index is -4.91. The largest absolute Gasteiger partial charge is 0.573 e. The molecule has 0 aromatic heterocycles. The molecule has 26 nitrogen and oxygen atoms in total. The molecule has 5 aliphatic carbocycles. The Bertz CT molecular complexity index is 4320. The fourth-order valence-electron chi connectivity index (χ4n) is 15.8. The van der Waals surface area contributed by atoms with Gasteiger partial charge in [0.25, 0.3) is 11.8 Å². The number of anilines is 2. The number of hydrogen-bond donors (Lipinski definition) is 7. The molecule has 114 heavy (non-hydrogen) atoms. The van der Waals surface area contributed by atoms with Crippen LogP contribution in [0.3, 0.4) is 0 Å². The van der Waals surface area contributed by atoms with E-state index >= 15 is 4.39 Å². The third-order valence-corrected chi connectivity index (χ3v) is 21.1. The number of carboxylic acid groups (broad SMARTS) is 1. The number of aliphatic hydroxyl groups excluding tert-OH is 6. The summed E-state index contributed by atoms with van der Waals surface area (Å²) in [7, 11) is 0. The average molecular weight is 1610 g/mol. The molecule has 10 unspecified atom stereocenters. The van der Waals surface area contributed by atoms with Crippen LogP contribution in [0.1, 0.15) is 160 Å². The molecule has 2 saturated heterocycles. The van der Waals surface area contributed by atoms with E-state index in [2.05, 4.69) is 33.8 Å². The molecule has 0 radical (unpaired) electrons. The highest BCUT2D eigenvalue weighted by atomic mass is 19.4. The molecular formula is C80H86F8N4O22. The summed E-state index contributed by atoms with van der Waals surface area (Å²) in [4.78, 5) is 112. The number of hydrogen-bond acceptors (Lipinski definition) is 21. The van der Waals surface area contributed by atoms with Gasteiger partial charge in [0.05, 0.1) is 24.9 Å². The van der Waals surface area contributed by atoms with Crippen LogP contribution >= 0.6 is 0 Å². The fraction of sp³-hybridized carbons (Fsp3) is 0.475.